The van der Waals surface area contributed by atoms with Crippen molar-refractivity contribution in [2.75, 3.05) is 6.61 Å². The van der Waals surface area contributed by atoms with E-state index in [1.807, 2.05) is 12.1 Å². The van der Waals surface area contributed by atoms with Crippen LogP contribution in [0, 0.1) is 5.82 Å². The molecule has 0 amide bonds. The predicted octanol–water partition coefficient (Wildman–Crippen LogP) is 5.86. The summed E-state index contributed by atoms with van der Waals surface area (Å²) in [4.78, 5) is 16.0. The van der Waals surface area contributed by atoms with Crippen molar-refractivity contribution in [3.05, 3.63) is 70.3 Å². The third kappa shape index (κ3) is 5.16. The van der Waals surface area contributed by atoms with Crippen LogP contribution in [-0.2, 0) is 0 Å². The summed E-state index contributed by atoms with van der Waals surface area (Å²) in [6.07, 6.45) is 6.76. The van der Waals surface area contributed by atoms with Crippen molar-refractivity contribution in [3.8, 4) is 39.5 Å². The fourth-order valence-corrected chi connectivity index (χ4v) is 4.31. The second-order valence-electron chi connectivity index (χ2n) is 9.00. The highest BCUT2D eigenvalue weighted by molar-refractivity contribution is 5.83. The molecule has 5 rings (SSSR count). The third-order valence-corrected chi connectivity index (χ3v) is 6.38. The SMILES string of the molecule is CCCCCCOc1ccc(-c2cc(-c3ccc(C4CC4)cc3)c(-c3nnn[nH]3)c(=O)[nH]2)c(F)c1. The molecule has 2 N–H and O–H groups in total. The van der Waals surface area contributed by atoms with Crippen LogP contribution in [0.2, 0.25) is 0 Å². The molecule has 0 atom stereocenters. The lowest BCUT2D eigenvalue weighted by Crippen LogP contribution is -2.13. The lowest BCUT2D eigenvalue weighted by atomic mass is 9.96. The van der Waals surface area contributed by atoms with Crippen molar-refractivity contribution in [3.63, 3.8) is 0 Å². The van der Waals surface area contributed by atoms with E-state index in [0.29, 0.717) is 40.7 Å². The van der Waals surface area contributed by atoms with Crippen molar-refractivity contribution in [1.82, 2.24) is 25.6 Å². The zero-order valence-electron chi connectivity index (χ0n) is 19.7. The standard InChI is InChI=1S/C27H28FN5O2/c1-2-3-4-5-14-35-20-12-13-21(23(28)15-20)24-16-22(19-10-8-18(9-11-19)17-6-7-17)25(27(34)29-24)26-30-32-33-31-26/h8-13,15-17H,2-7,14H2,1H3,(H,29,34)(H,30,31,32,33). The minimum atomic E-state index is -0.462. The molecule has 1 aliphatic rings. The highest BCUT2D eigenvalue weighted by atomic mass is 19.1. The number of nitrogens with one attached hydrogen (secondary N) is 2. The van der Waals surface area contributed by atoms with Crippen LogP contribution in [0.15, 0.2) is 53.3 Å². The van der Waals surface area contributed by atoms with E-state index in [1.165, 1.54) is 24.5 Å². The van der Waals surface area contributed by atoms with Gasteiger partial charge in [0.25, 0.3) is 5.56 Å². The fourth-order valence-electron chi connectivity index (χ4n) is 4.31. The van der Waals surface area contributed by atoms with Gasteiger partial charge in [-0.1, -0.05) is 50.5 Å². The molecule has 1 fully saturated rings. The van der Waals surface area contributed by atoms with E-state index in [1.54, 1.807) is 18.2 Å². The number of benzene rings is 2. The normalized spacial score (nSPS) is 13.2. The molecule has 2 aromatic carbocycles. The van der Waals surface area contributed by atoms with Crippen LogP contribution >= 0.6 is 0 Å². The van der Waals surface area contributed by atoms with Crippen molar-refractivity contribution in [2.45, 2.75) is 51.4 Å². The van der Waals surface area contributed by atoms with Crippen molar-refractivity contribution in [1.29, 1.82) is 0 Å². The van der Waals surface area contributed by atoms with Crippen LogP contribution in [0.5, 0.6) is 5.75 Å². The number of H-pyrrole nitrogens is 2. The zero-order valence-corrected chi connectivity index (χ0v) is 19.7. The quantitative estimate of drug-likeness (QED) is 0.281. The number of halogens is 1. The van der Waals surface area contributed by atoms with Gasteiger partial charge >= 0.3 is 0 Å². The largest absolute Gasteiger partial charge is 0.493 e. The molecule has 0 radical (unpaired) electrons. The Labute approximate surface area is 202 Å². The van der Waals surface area contributed by atoms with E-state index in [-0.39, 0.29) is 5.82 Å². The monoisotopic (exact) mass is 473 g/mol. The molecule has 2 heterocycles. The van der Waals surface area contributed by atoms with Gasteiger partial charge in [0.2, 0.25) is 0 Å². The Kier molecular flexibility index (Phi) is 6.70. The average Bonchev–Trinajstić information content (AvgIpc) is 3.58. The minimum Gasteiger partial charge on any atom is -0.493 e. The average molecular weight is 474 g/mol. The van der Waals surface area contributed by atoms with Crippen LogP contribution in [-0.4, -0.2) is 32.2 Å². The van der Waals surface area contributed by atoms with Gasteiger partial charge in [-0.3, -0.25) is 4.79 Å². The Morgan fingerprint density at radius 1 is 1.03 bits per heavy atom. The summed E-state index contributed by atoms with van der Waals surface area (Å²) < 4.78 is 20.8. The molecular formula is C27H28FN5O2. The summed E-state index contributed by atoms with van der Waals surface area (Å²) in [6.45, 7) is 2.71. The lowest BCUT2D eigenvalue weighted by molar-refractivity contribution is 0.303. The van der Waals surface area contributed by atoms with Crippen LogP contribution in [0.3, 0.4) is 0 Å². The molecule has 7 nitrogen and oxygen atoms in total. The lowest BCUT2D eigenvalue weighted by Gasteiger charge is -2.12. The second-order valence-corrected chi connectivity index (χ2v) is 9.00. The molecule has 4 aromatic rings. The van der Waals surface area contributed by atoms with Gasteiger partial charge in [-0.2, -0.15) is 0 Å². The summed E-state index contributed by atoms with van der Waals surface area (Å²) in [7, 11) is 0. The first kappa shape index (κ1) is 23.0. The van der Waals surface area contributed by atoms with Gasteiger partial charge in [0, 0.05) is 17.2 Å². The number of tetrazole rings is 1. The minimum absolute atomic E-state index is 0.256. The van der Waals surface area contributed by atoms with Gasteiger partial charge in [0.1, 0.15) is 11.6 Å². The Morgan fingerprint density at radius 2 is 1.86 bits per heavy atom. The van der Waals surface area contributed by atoms with Crippen LogP contribution in [0.4, 0.5) is 4.39 Å². The first-order valence-electron chi connectivity index (χ1n) is 12.2. The van der Waals surface area contributed by atoms with E-state index in [4.69, 9.17) is 4.74 Å². The third-order valence-electron chi connectivity index (χ3n) is 6.38. The van der Waals surface area contributed by atoms with Crippen molar-refractivity contribution >= 4 is 0 Å². The van der Waals surface area contributed by atoms with Crippen molar-refractivity contribution < 1.29 is 9.13 Å². The highest BCUT2D eigenvalue weighted by Gasteiger charge is 2.24. The number of unbranched alkanes of at least 4 members (excludes halogenated alkanes) is 3. The van der Waals surface area contributed by atoms with Gasteiger partial charge in [-0.25, -0.2) is 9.49 Å². The number of rotatable bonds is 10. The fraction of sp³-hybridized carbons (Fsp3) is 0.333. The highest BCUT2D eigenvalue weighted by Crippen LogP contribution is 2.41. The van der Waals surface area contributed by atoms with Gasteiger partial charge in [-0.15, -0.1) is 5.10 Å². The van der Waals surface area contributed by atoms with Gasteiger partial charge < -0.3 is 9.72 Å². The smallest absolute Gasteiger partial charge is 0.260 e. The summed E-state index contributed by atoms with van der Waals surface area (Å²) in [6, 6.07) is 14.7. The molecule has 0 spiro atoms. The van der Waals surface area contributed by atoms with E-state index in [0.717, 1.165) is 31.2 Å². The number of pyridine rings is 1. The number of hydrogen-bond donors (Lipinski definition) is 2. The molecule has 1 saturated carbocycles. The molecular weight excluding hydrogens is 445 g/mol. The molecule has 0 unspecified atom stereocenters. The second kappa shape index (κ2) is 10.2. The Hall–Kier alpha value is -3.81. The van der Waals surface area contributed by atoms with E-state index >= 15 is 4.39 Å². The molecule has 0 bridgehead atoms. The summed E-state index contributed by atoms with van der Waals surface area (Å²) in [5.74, 6) is 0.894. The maximum atomic E-state index is 15.1. The molecule has 2 aromatic heterocycles. The summed E-state index contributed by atoms with van der Waals surface area (Å²) in [5.41, 5.74) is 3.32. The maximum Gasteiger partial charge on any atom is 0.260 e. The molecule has 8 heteroatoms. The number of aromatic amines is 2. The zero-order chi connectivity index (χ0) is 24.2. The van der Waals surface area contributed by atoms with E-state index < -0.39 is 11.4 Å². The number of ether oxygens (including phenoxy) is 1. The Morgan fingerprint density at radius 3 is 2.54 bits per heavy atom. The molecule has 0 saturated heterocycles. The Balaban J connectivity index is 1.49. The van der Waals surface area contributed by atoms with E-state index in [9.17, 15) is 4.79 Å². The number of hydrogen-bond acceptors (Lipinski definition) is 5. The maximum absolute atomic E-state index is 15.1. The predicted molar refractivity (Wildman–Crippen MR) is 133 cm³/mol. The number of nitrogens with zero attached hydrogens (tertiary/aromatic N) is 3. The molecule has 0 aliphatic heterocycles. The molecule has 180 valence electrons. The van der Waals surface area contributed by atoms with Crippen molar-refractivity contribution in [2.24, 2.45) is 0 Å². The Bertz CT molecular complexity index is 1350. The number of aromatic nitrogens is 5. The summed E-state index contributed by atoms with van der Waals surface area (Å²) in [5, 5.41) is 13.8. The van der Waals surface area contributed by atoms with Crippen LogP contribution < -0.4 is 10.3 Å². The topological polar surface area (TPSA) is 96.6 Å². The van der Waals surface area contributed by atoms with Gasteiger partial charge in [0.15, 0.2) is 5.82 Å². The van der Waals surface area contributed by atoms with Crippen LogP contribution in [0.1, 0.15) is 56.9 Å². The van der Waals surface area contributed by atoms with Gasteiger partial charge in [-0.05, 0) is 64.9 Å². The molecule has 35 heavy (non-hydrogen) atoms. The van der Waals surface area contributed by atoms with E-state index in [2.05, 4.69) is 44.7 Å². The molecule has 1 aliphatic carbocycles. The first-order valence-corrected chi connectivity index (χ1v) is 12.2. The van der Waals surface area contributed by atoms with Crippen LogP contribution in [0.25, 0.3) is 33.8 Å². The first-order chi connectivity index (χ1) is 17.1. The summed E-state index contributed by atoms with van der Waals surface area (Å²) >= 11 is 0. The van der Waals surface area contributed by atoms with Gasteiger partial charge in [0.05, 0.1) is 17.9 Å².